The normalized spacial score (nSPS) is 37.1. The van der Waals surface area contributed by atoms with Gasteiger partial charge in [-0.3, -0.25) is 4.79 Å². The molecule has 0 saturated carbocycles. The van der Waals surface area contributed by atoms with Gasteiger partial charge < -0.3 is 9.64 Å². The zero-order valence-corrected chi connectivity index (χ0v) is 6.04. The Morgan fingerprint density at radius 3 is 2.30 bits per heavy atom. The number of nitrogens with zero attached hydrogens (tertiary/aromatic N) is 1. The lowest BCUT2D eigenvalue weighted by atomic mass is 9.99. The second kappa shape index (κ2) is 1.95. The van der Waals surface area contributed by atoms with Crippen molar-refractivity contribution in [3.05, 3.63) is 0 Å². The fourth-order valence-electron chi connectivity index (χ4n) is 1.61. The van der Waals surface area contributed by atoms with Crippen molar-refractivity contribution in [3.8, 4) is 0 Å². The van der Waals surface area contributed by atoms with Crippen LogP contribution in [0.5, 0.6) is 0 Å². The van der Waals surface area contributed by atoms with Gasteiger partial charge in [0.1, 0.15) is 0 Å². The van der Waals surface area contributed by atoms with Gasteiger partial charge in [-0.15, -0.1) is 0 Å². The minimum atomic E-state index is 0.179. The van der Waals surface area contributed by atoms with Crippen LogP contribution in [0.4, 0.5) is 0 Å². The molecule has 2 atom stereocenters. The average Bonchev–Trinajstić information content (AvgIpc) is 1.86. The second-order valence-corrected chi connectivity index (χ2v) is 3.04. The molecule has 3 nitrogen and oxygen atoms in total. The molecule has 3 aliphatic heterocycles. The molecule has 56 valence electrons. The van der Waals surface area contributed by atoms with E-state index >= 15 is 0 Å². The number of carbonyl (C=O) groups excluding carboxylic acids is 1. The van der Waals surface area contributed by atoms with Crippen molar-refractivity contribution in [2.24, 2.45) is 0 Å². The third-order valence-electron chi connectivity index (χ3n) is 2.20. The predicted octanol–water partition coefficient (Wildman–Crippen LogP) is 0.00600. The van der Waals surface area contributed by atoms with Crippen LogP contribution < -0.4 is 0 Å². The zero-order valence-electron chi connectivity index (χ0n) is 6.04. The Kier molecular flexibility index (Phi) is 1.20. The van der Waals surface area contributed by atoms with Gasteiger partial charge >= 0.3 is 0 Å². The van der Waals surface area contributed by atoms with Gasteiger partial charge in [0.15, 0.2) is 0 Å². The lowest BCUT2D eigenvalue weighted by molar-refractivity contribution is -0.186. The maximum Gasteiger partial charge on any atom is 0.219 e. The predicted molar refractivity (Wildman–Crippen MR) is 35.5 cm³/mol. The lowest BCUT2D eigenvalue weighted by Crippen LogP contribution is -2.58. The van der Waals surface area contributed by atoms with E-state index < -0.39 is 0 Å². The van der Waals surface area contributed by atoms with Crippen molar-refractivity contribution in [2.45, 2.75) is 25.6 Å². The van der Waals surface area contributed by atoms with Crippen molar-refractivity contribution in [1.82, 2.24) is 4.90 Å². The molecule has 0 aliphatic carbocycles. The van der Waals surface area contributed by atoms with Crippen molar-refractivity contribution >= 4 is 5.91 Å². The first kappa shape index (κ1) is 6.16. The zero-order chi connectivity index (χ0) is 7.14. The van der Waals surface area contributed by atoms with Crippen LogP contribution in [0.25, 0.3) is 0 Å². The summed E-state index contributed by atoms with van der Waals surface area (Å²) in [5.41, 5.74) is 0. The number of ether oxygens (including phenoxy) is 1. The summed E-state index contributed by atoms with van der Waals surface area (Å²) < 4.78 is 5.36. The number of carbonyl (C=O) groups is 1. The second-order valence-electron chi connectivity index (χ2n) is 3.04. The number of fused-ring (bicyclic) bond motifs is 2. The smallest absolute Gasteiger partial charge is 0.219 e. The first-order valence-corrected chi connectivity index (χ1v) is 3.66. The SMILES string of the molecule is CC(=O)N1CC2CC(C1)O2. The molecule has 0 spiro atoms. The van der Waals surface area contributed by atoms with Gasteiger partial charge in [-0.2, -0.15) is 0 Å². The highest BCUT2D eigenvalue weighted by atomic mass is 16.5. The summed E-state index contributed by atoms with van der Waals surface area (Å²) in [5, 5.41) is 0. The van der Waals surface area contributed by atoms with Crippen LogP contribution in [0, 0.1) is 0 Å². The van der Waals surface area contributed by atoms with Crippen molar-refractivity contribution in [2.75, 3.05) is 13.1 Å². The number of hydrogen-bond acceptors (Lipinski definition) is 2. The van der Waals surface area contributed by atoms with E-state index in [4.69, 9.17) is 4.74 Å². The van der Waals surface area contributed by atoms with Gasteiger partial charge in [0.05, 0.1) is 12.2 Å². The first-order chi connectivity index (χ1) is 4.75. The highest BCUT2D eigenvalue weighted by Crippen LogP contribution is 2.27. The van der Waals surface area contributed by atoms with E-state index in [1.807, 2.05) is 4.90 Å². The van der Waals surface area contributed by atoms with Gasteiger partial charge in [-0.1, -0.05) is 0 Å². The molecule has 0 aromatic heterocycles. The molecule has 3 heteroatoms. The molecule has 3 heterocycles. The molecule has 0 N–H and O–H groups in total. The van der Waals surface area contributed by atoms with E-state index in [1.54, 1.807) is 6.92 Å². The van der Waals surface area contributed by atoms with E-state index in [1.165, 1.54) is 0 Å². The van der Waals surface area contributed by atoms with Crippen LogP contribution in [-0.2, 0) is 9.53 Å². The summed E-state index contributed by atoms with van der Waals surface area (Å²) in [4.78, 5) is 12.7. The highest BCUT2D eigenvalue weighted by molar-refractivity contribution is 5.73. The van der Waals surface area contributed by atoms with Crippen LogP contribution >= 0.6 is 0 Å². The largest absolute Gasteiger partial charge is 0.371 e. The third kappa shape index (κ3) is 0.814. The molecule has 10 heavy (non-hydrogen) atoms. The van der Waals surface area contributed by atoms with Crippen LogP contribution in [0.3, 0.4) is 0 Å². The summed E-state index contributed by atoms with van der Waals surface area (Å²) >= 11 is 0. The van der Waals surface area contributed by atoms with Crippen molar-refractivity contribution in [1.29, 1.82) is 0 Å². The van der Waals surface area contributed by atoms with E-state index in [-0.39, 0.29) is 5.91 Å². The number of piperidine rings is 1. The fourth-order valence-corrected chi connectivity index (χ4v) is 1.61. The fraction of sp³-hybridized carbons (Fsp3) is 0.857. The summed E-state index contributed by atoms with van der Waals surface area (Å²) in [6.07, 6.45) is 1.86. The Bertz CT molecular complexity index is 153. The molecule has 3 rings (SSSR count). The van der Waals surface area contributed by atoms with Crippen LogP contribution in [-0.4, -0.2) is 36.1 Å². The minimum absolute atomic E-state index is 0.179. The molecule has 3 aliphatic rings. The molecule has 3 fully saturated rings. The Balaban J connectivity index is 1.97. The highest BCUT2D eigenvalue weighted by Gasteiger charge is 2.38. The topological polar surface area (TPSA) is 29.5 Å². The summed E-state index contributed by atoms with van der Waals surface area (Å²) in [6.45, 7) is 3.24. The van der Waals surface area contributed by atoms with Gasteiger partial charge in [0, 0.05) is 26.4 Å². The Morgan fingerprint density at radius 2 is 2.00 bits per heavy atom. The summed E-state index contributed by atoms with van der Waals surface area (Å²) in [6, 6.07) is 0. The third-order valence-corrected chi connectivity index (χ3v) is 2.20. The number of rotatable bonds is 0. The number of morpholine rings is 1. The molecule has 0 aromatic carbocycles. The molecule has 1 amide bonds. The van der Waals surface area contributed by atoms with Crippen LogP contribution in [0.15, 0.2) is 0 Å². The Hall–Kier alpha value is -0.570. The molecule has 2 bridgehead atoms. The van der Waals surface area contributed by atoms with Crippen molar-refractivity contribution < 1.29 is 9.53 Å². The van der Waals surface area contributed by atoms with E-state index in [0.29, 0.717) is 12.2 Å². The van der Waals surface area contributed by atoms with E-state index in [9.17, 15) is 4.79 Å². The standard InChI is InChI=1S/C7H11NO2/c1-5(9)8-3-6-2-7(4-8)10-6/h6-7H,2-4H2,1H3. The van der Waals surface area contributed by atoms with Crippen LogP contribution in [0.2, 0.25) is 0 Å². The first-order valence-electron chi connectivity index (χ1n) is 3.66. The maximum absolute atomic E-state index is 10.8. The monoisotopic (exact) mass is 141 g/mol. The molecule has 0 aromatic rings. The molecule has 3 saturated heterocycles. The van der Waals surface area contributed by atoms with E-state index in [0.717, 1.165) is 19.5 Å². The van der Waals surface area contributed by atoms with Gasteiger partial charge in [-0.05, 0) is 0 Å². The van der Waals surface area contributed by atoms with Crippen molar-refractivity contribution in [3.63, 3.8) is 0 Å². The number of amides is 1. The average molecular weight is 141 g/mol. The maximum atomic E-state index is 10.8. The quantitative estimate of drug-likeness (QED) is 0.475. The summed E-state index contributed by atoms with van der Waals surface area (Å²) in [5.74, 6) is 0.179. The molecular formula is C7H11NO2. The number of hydrogen-bond donors (Lipinski definition) is 0. The van der Waals surface area contributed by atoms with Gasteiger partial charge in [0.2, 0.25) is 5.91 Å². The minimum Gasteiger partial charge on any atom is -0.371 e. The lowest BCUT2D eigenvalue weighted by Gasteiger charge is -2.46. The van der Waals surface area contributed by atoms with E-state index in [2.05, 4.69) is 0 Å². The Morgan fingerprint density at radius 1 is 1.50 bits per heavy atom. The van der Waals surface area contributed by atoms with Gasteiger partial charge in [-0.25, -0.2) is 0 Å². The molecule has 2 unspecified atom stereocenters. The van der Waals surface area contributed by atoms with Gasteiger partial charge in [0.25, 0.3) is 0 Å². The van der Waals surface area contributed by atoms with Crippen LogP contribution in [0.1, 0.15) is 13.3 Å². The molecule has 0 radical (unpaired) electrons. The Labute approximate surface area is 60.0 Å². The molecular weight excluding hydrogens is 130 g/mol. The summed E-state index contributed by atoms with van der Waals surface area (Å²) in [7, 11) is 0.